The van der Waals surface area contributed by atoms with Crippen molar-refractivity contribution in [1.82, 2.24) is 10.2 Å². The molecule has 5 nitrogen and oxygen atoms in total. The van der Waals surface area contributed by atoms with Gasteiger partial charge in [-0.1, -0.05) is 30.3 Å². The number of amides is 1. The van der Waals surface area contributed by atoms with Crippen molar-refractivity contribution in [2.24, 2.45) is 0 Å². The zero-order valence-corrected chi connectivity index (χ0v) is 14.1. The predicted molar refractivity (Wildman–Crippen MR) is 92.5 cm³/mol. The molecule has 1 heterocycles. The molecule has 1 aliphatic rings. The Kier molecular flexibility index (Phi) is 4.97. The first kappa shape index (κ1) is 16.7. The van der Waals surface area contributed by atoms with Gasteiger partial charge in [-0.15, -0.1) is 0 Å². The first-order valence-corrected chi connectivity index (χ1v) is 9.58. The van der Waals surface area contributed by atoms with Gasteiger partial charge in [-0.25, -0.2) is 8.42 Å². The SMILES string of the molecule is O=C(c1cccc(CS(=O)(=O)c2ccccc2)c1)N1CCNCC1. The van der Waals surface area contributed by atoms with Crippen LogP contribution in [-0.2, 0) is 15.6 Å². The molecule has 0 radical (unpaired) electrons. The molecule has 1 N–H and O–H groups in total. The van der Waals surface area contributed by atoms with Crippen LogP contribution < -0.4 is 5.32 Å². The van der Waals surface area contributed by atoms with Crippen molar-refractivity contribution in [2.45, 2.75) is 10.6 Å². The summed E-state index contributed by atoms with van der Waals surface area (Å²) in [5, 5.41) is 3.21. The summed E-state index contributed by atoms with van der Waals surface area (Å²) in [5.41, 5.74) is 1.16. The number of nitrogens with zero attached hydrogens (tertiary/aromatic N) is 1. The molecule has 0 atom stereocenters. The second-order valence-corrected chi connectivity index (χ2v) is 7.80. The lowest BCUT2D eigenvalue weighted by Crippen LogP contribution is -2.46. The van der Waals surface area contributed by atoms with Crippen LogP contribution in [0.25, 0.3) is 0 Å². The van der Waals surface area contributed by atoms with Crippen molar-refractivity contribution in [2.75, 3.05) is 26.2 Å². The van der Waals surface area contributed by atoms with Crippen LogP contribution in [0.5, 0.6) is 0 Å². The summed E-state index contributed by atoms with van der Waals surface area (Å²) in [6.07, 6.45) is 0. The maximum Gasteiger partial charge on any atom is 0.253 e. The third kappa shape index (κ3) is 3.83. The topological polar surface area (TPSA) is 66.5 Å². The van der Waals surface area contributed by atoms with E-state index in [0.717, 1.165) is 13.1 Å². The second-order valence-electron chi connectivity index (χ2n) is 5.81. The van der Waals surface area contributed by atoms with E-state index in [0.29, 0.717) is 29.1 Å². The zero-order valence-electron chi connectivity index (χ0n) is 13.3. The van der Waals surface area contributed by atoms with E-state index in [2.05, 4.69) is 5.32 Å². The van der Waals surface area contributed by atoms with E-state index in [-0.39, 0.29) is 11.7 Å². The molecule has 3 rings (SSSR count). The van der Waals surface area contributed by atoms with Crippen LogP contribution >= 0.6 is 0 Å². The second kappa shape index (κ2) is 7.15. The Morgan fingerprint density at radius 1 is 1.00 bits per heavy atom. The summed E-state index contributed by atoms with van der Waals surface area (Å²) in [4.78, 5) is 14.6. The van der Waals surface area contributed by atoms with Crippen molar-refractivity contribution in [1.29, 1.82) is 0 Å². The number of sulfone groups is 1. The van der Waals surface area contributed by atoms with Crippen LogP contribution in [0, 0.1) is 0 Å². The molecule has 0 unspecified atom stereocenters. The average Bonchev–Trinajstić information content (AvgIpc) is 2.62. The molecule has 0 bridgehead atoms. The number of benzene rings is 2. The van der Waals surface area contributed by atoms with Gasteiger partial charge in [-0.2, -0.15) is 0 Å². The van der Waals surface area contributed by atoms with Crippen LogP contribution in [0.15, 0.2) is 59.5 Å². The fourth-order valence-corrected chi connectivity index (χ4v) is 4.13. The van der Waals surface area contributed by atoms with Crippen LogP contribution in [-0.4, -0.2) is 45.4 Å². The number of hydrogen-bond acceptors (Lipinski definition) is 4. The maximum atomic E-state index is 12.5. The van der Waals surface area contributed by atoms with Crippen molar-refractivity contribution in [3.05, 3.63) is 65.7 Å². The summed E-state index contributed by atoms with van der Waals surface area (Å²) in [6, 6.07) is 15.3. The minimum Gasteiger partial charge on any atom is -0.336 e. The van der Waals surface area contributed by atoms with Gasteiger partial charge < -0.3 is 10.2 Å². The molecule has 1 saturated heterocycles. The van der Waals surface area contributed by atoms with E-state index in [4.69, 9.17) is 0 Å². The Morgan fingerprint density at radius 2 is 1.71 bits per heavy atom. The normalized spacial score (nSPS) is 15.2. The summed E-state index contributed by atoms with van der Waals surface area (Å²) in [6.45, 7) is 2.92. The van der Waals surface area contributed by atoms with Gasteiger partial charge in [0.1, 0.15) is 0 Å². The average molecular weight is 344 g/mol. The number of nitrogens with one attached hydrogen (secondary N) is 1. The van der Waals surface area contributed by atoms with Gasteiger partial charge in [0.05, 0.1) is 10.6 Å². The third-order valence-corrected chi connectivity index (χ3v) is 5.74. The first-order valence-electron chi connectivity index (χ1n) is 7.93. The molecule has 126 valence electrons. The van der Waals surface area contributed by atoms with Crippen molar-refractivity contribution >= 4 is 15.7 Å². The third-order valence-electron chi connectivity index (χ3n) is 4.04. The molecule has 1 aliphatic heterocycles. The summed E-state index contributed by atoms with van der Waals surface area (Å²) < 4.78 is 25.0. The van der Waals surface area contributed by atoms with E-state index in [1.54, 1.807) is 59.5 Å². The highest BCUT2D eigenvalue weighted by Crippen LogP contribution is 2.17. The lowest BCUT2D eigenvalue weighted by atomic mass is 10.1. The Labute approximate surface area is 142 Å². The monoisotopic (exact) mass is 344 g/mol. The number of rotatable bonds is 4. The van der Waals surface area contributed by atoms with E-state index in [9.17, 15) is 13.2 Å². The molecule has 2 aromatic rings. The Balaban J connectivity index is 1.79. The van der Waals surface area contributed by atoms with Gasteiger partial charge in [0.2, 0.25) is 0 Å². The Hall–Kier alpha value is -2.18. The number of carbonyl (C=O) groups is 1. The molecular formula is C18H20N2O3S. The van der Waals surface area contributed by atoms with Gasteiger partial charge >= 0.3 is 0 Å². The molecule has 6 heteroatoms. The lowest BCUT2D eigenvalue weighted by molar-refractivity contribution is 0.0735. The highest BCUT2D eigenvalue weighted by atomic mass is 32.2. The first-order chi connectivity index (χ1) is 11.6. The molecule has 0 aromatic heterocycles. The maximum absolute atomic E-state index is 12.5. The van der Waals surface area contributed by atoms with Crippen molar-refractivity contribution in [3.8, 4) is 0 Å². The minimum atomic E-state index is -3.42. The molecule has 0 spiro atoms. The predicted octanol–water partition coefficient (Wildman–Crippen LogP) is 1.71. The Morgan fingerprint density at radius 3 is 2.42 bits per heavy atom. The van der Waals surface area contributed by atoms with E-state index in [1.807, 2.05) is 0 Å². The summed E-state index contributed by atoms with van der Waals surface area (Å²) in [5.74, 6) is -0.157. The van der Waals surface area contributed by atoms with Crippen LogP contribution in [0.3, 0.4) is 0 Å². The fraction of sp³-hybridized carbons (Fsp3) is 0.278. The molecule has 24 heavy (non-hydrogen) atoms. The summed E-state index contributed by atoms with van der Waals surface area (Å²) in [7, 11) is -3.42. The zero-order chi connectivity index (χ0) is 17.0. The van der Waals surface area contributed by atoms with Crippen LogP contribution in [0.4, 0.5) is 0 Å². The number of piperazine rings is 1. The van der Waals surface area contributed by atoms with Gasteiger partial charge in [-0.3, -0.25) is 4.79 Å². The highest BCUT2D eigenvalue weighted by molar-refractivity contribution is 7.90. The van der Waals surface area contributed by atoms with Crippen LogP contribution in [0.2, 0.25) is 0 Å². The van der Waals surface area contributed by atoms with Crippen molar-refractivity contribution < 1.29 is 13.2 Å². The molecule has 0 aliphatic carbocycles. The fourth-order valence-electron chi connectivity index (χ4n) is 2.78. The van der Waals surface area contributed by atoms with E-state index >= 15 is 0 Å². The highest BCUT2D eigenvalue weighted by Gasteiger charge is 2.19. The van der Waals surface area contributed by atoms with Crippen molar-refractivity contribution in [3.63, 3.8) is 0 Å². The molecular weight excluding hydrogens is 324 g/mol. The van der Waals surface area contributed by atoms with Gasteiger partial charge in [0, 0.05) is 31.7 Å². The molecule has 2 aromatic carbocycles. The van der Waals surface area contributed by atoms with E-state index in [1.165, 1.54) is 0 Å². The van der Waals surface area contributed by atoms with E-state index < -0.39 is 9.84 Å². The standard InChI is InChI=1S/C18H20N2O3S/c21-18(20-11-9-19-10-12-20)16-6-4-5-15(13-16)14-24(22,23)17-7-2-1-3-8-17/h1-8,13,19H,9-12,14H2. The van der Waals surface area contributed by atoms with Gasteiger partial charge in [0.15, 0.2) is 9.84 Å². The van der Waals surface area contributed by atoms with Crippen LogP contribution in [0.1, 0.15) is 15.9 Å². The molecule has 1 amide bonds. The Bertz CT molecular complexity index is 813. The quantitative estimate of drug-likeness (QED) is 0.917. The largest absolute Gasteiger partial charge is 0.336 e. The number of hydrogen-bond donors (Lipinski definition) is 1. The summed E-state index contributed by atoms with van der Waals surface area (Å²) >= 11 is 0. The smallest absolute Gasteiger partial charge is 0.253 e. The minimum absolute atomic E-state index is 0.0459. The van der Waals surface area contributed by atoms with Gasteiger partial charge in [-0.05, 0) is 29.8 Å². The lowest BCUT2D eigenvalue weighted by Gasteiger charge is -2.27. The molecule has 1 fully saturated rings. The van der Waals surface area contributed by atoms with Gasteiger partial charge in [0.25, 0.3) is 5.91 Å². The molecule has 0 saturated carbocycles. The number of carbonyl (C=O) groups excluding carboxylic acids is 1.